The van der Waals surface area contributed by atoms with Crippen molar-refractivity contribution in [1.29, 1.82) is 0 Å². The number of hydrogen-bond acceptors (Lipinski definition) is 3. The van der Waals surface area contributed by atoms with Crippen LogP contribution in [0.5, 0.6) is 5.75 Å². The Labute approximate surface area is 162 Å². The second kappa shape index (κ2) is 8.46. The van der Waals surface area contributed by atoms with Crippen LogP contribution < -0.4 is 10.2 Å². The summed E-state index contributed by atoms with van der Waals surface area (Å²) in [6.45, 7) is 7.55. The molecule has 0 atom stereocenters. The maximum absolute atomic E-state index is 12.8. The van der Waals surface area contributed by atoms with Crippen LogP contribution >= 0.6 is 0 Å². The molecule has 0 aliphatic carbocycles. The zero-order valence-corrected chi connectivity index (χ0v) is 16.2. The van der Waals surface area contributed by atoms with Gasteiger partial charge >= 0.3 is 6.18 Å². The zero-order valence-electron chi connectivity index (χ0n) is 16.2. The summed E-state index contributed by atoms with van der Waals surface area (Å²) >= 11 is 0. The van der Waals surface area contributed by atoms with Crippen LogP contribution in [0.3, 0.4) is 0 Å². The zero-order chi connectivity index (χ0) is 20.9. The van der Waals surface area contributed by atoms with E-state index in [1.165, 1.54) is 19.1 Å². The van der Waals surface area contributed by atoms with E-state index in [2.05, 4.69) is 31.3 Å². The van der Waals surface area contributed by atoms with Crippen LogP contribution in [0, 0.1) is 0 Å². The molecule has 2 aromatic rings. The van der Waals surface area contributed by atoms with Crippen molar-refractivity contribution < 1.29 is 22.7 Å². The quantitative estimate of drug-likeness (QED) is 0.580. The molecule has 0 aliphatic heterocycles. The predicted octanol–water partition coefficient (Wildman–Crippen LogP) is 4.92. The summed E-state index contributed by atoms with van der Waals surface area (Å²) in [4.78, 5) is 11.9. The maximum atomic E-state index is 12.8. The number of rotatable bonds is 5. The van der Waals surface area contributed by atoms with Gasteiger partial charge in [-0.25, -0.2) is 5.43 Å². The molecule has 0 aliphatic rings. The minimum absolute atomic E-state index is 0.0194. The summed E-state index contributed by atoms with van der Waals surface area (Å²) in [5.74, 6) is 0.0351. The van der Waals surface area contributed by atoms with Gasteiger partial charge in [0.2, 0.25) is 0 Å². The molecule has 2 rings (SSSR count). The Morgan fingerprint density at radius 3 is 2.25 bits per heavy atom. The SMILES string of the molecule is C/C(=N/NC(=O)COc1ccc(C(C)(C)C)cc1)c1cccc(C(F)(F)F)c1. The number of alkyl halides is 3. The Kier molecular flexibility index (Phi) is 6.48. The van der Waals surface area contributed by atoms with Crippen LogP contribution in [0.2, 0.25) is 0 Å². The van der Waals surface area contributed by atoms with Crippen molar-refractivity contribution in [2.24, 2.45) is 5.10 Å². The van der Waals surface area contributed by atoms with E-state index in [1.54, 1.807) is 12.1 Å². The fraction of sp³-hybridized carbons (Fsp3) is 0.333. The molecule has 0 bridgehead atoms. The van der Waals surface area contributed by atoms with Gasteiger partial charge in [0.15, 0.2) is 6.61 Å². The molecule has 0 saturated carbocycles. The summed E-state index contributed by atoms with van der Waals surface area (Å²) < 4.78 is 43.7. The maximum Gasteiger partial charge on any atom is 0.416 e. The van der Waals surface area contributed by atoms with E-state index in [4.69, 9.17) is 4.74 Å². The fourth-order valence-corrected chi connectivity index (χ4v) is 2.36. The molecule has 0 fully saturated rings. The summed E-state index contributed by atoms with van der Waals surface area (Å²) in [5, 5.41) is 3.85. The molecule has 1 amide bonds. The molecule has 7 heteroatoms. The van der Waals surface area contributed by atoms with Gasteiger partial charge in [0.25, 0.3) is 5.91 Å². The summed E-state index contributed by atoms with van der Waals surface area (Å²) in [6, 6.07) is 12.2. The smallest absolute Gasteiger partial charge is 0.416 e. The molecule has 28 heavy (non-hydrogen) atoms. The number of halogens is 3. The van der Waals surface area contributed by atoms with Gasteiger partial charge in [0.1, 0.15) is 5.75 Å². The van der Waals surface area contributed by atoms with Crippen LogP contribution in [-0.4, -0.2) is 18.2 Å². The van der Waals surface area contributed by atoms with E-state index in [0.717, 1.165) is 17.7 Å². The monoisotopic (exact) mass is 392 g/mol. The third-order valence-corrected chi connectivity index (χ3v) is 4.05. The minimum atomic E-state index is -4.43. The van der Waals surface area contributed by atoms with Gasteiger partial charge in [-0.15, -0.1) is 0 Å². The average Bonchev–Trinajstić information content (AvgIpc) is 2.63. The highest BCUT2D eigenvalue weighted by Gasteiger charge is 2.30. The second-order valence-electron chi connectivity index (χ2n) is 7.37. The van der Waals surface area contributed by atoms with Crippen molar-refractivity contribution in [3.8, 4) is 5.75 Å². The largest absolute Gasteiger partial charge is 0.484 e. The van der Waals surface area contributed by atoms with Gasteiger partial charge in [-0.2, -0.15) is 18.3 Å². The Morgan fingerprint density at radius 1 is 1.04 bits per heavy atom. The van der Waals surface area contributed by atoms with Crippen LogP contribution in [0.25, 0.3) is 0 Å². The van der Waals surface area contributed by atoms with Gasteiger partial charge < -0.3 is 4.74 Å². The number of carbonyl (C=O) groups excluding carboxylic acids is 1. The number of hydrogen-bond donors (Lipinski definition) is 1. The number of nitrogens with one attached hydrogen (secondary N) is 1. The van der Waals surface area contributed by atoms with E-state index in [-0.39, 0.29) is 23.3 Å². The van der Waals surface area contributed by atoms with E-state index in [0.29, 0.717) is 5.75 Å². The van der Waals surface area contributed by atoms with E-state index in [9.17, 15) is 18.0 Å². The number of ether oxygens (including phenoxy) is 1. The van der Waals surface area contributed by atoms with Crippen molar-refractivity contribution in [2.75, 3.05) is 6.61 Å². The van der Waals surface area contributed by atoms with Gasteiger partial charge in [0.05, 0.1) is 11.3 Å². The fourth-order valence-electron chi connectivity index (χ4n) is 2.36. The molecule has 0 spiro atoms. The van der Waals surface area contributed by atoms with Gasteiger partial charge in [-0.3, -0.25) is 4.79 Å². The highest BCUT2D eigenvalue weighted by atomic mass is 19.4. The number of amides is 1. The summed E-state index contributed by atoms with van der Waals surface area (Å²) in [5.41, 5.74) is 3.21. The van der Waals surface area contributed by atoms with Crippen molar-refractivity contribution in [2.45, 2.75) is 39.3 Å². The number of carbonyl (C=O) groups is 1. The first-order valence-corrected chi connectivity index (χ1v) is 8.71. The van der Waals surface area contributed by atoms with E-state index < -0.39 is 17.6 Å². The van der Waals surface area contributed by atoms with Gasteiger partial charge in [-0.05, 0) is 47.7 Å². The lowest BCUT2D eigenvalue weighted by atomic mass is 9.87. The third-order valence-electron chi connectivity index (χ3n) is 4.05. The average molecular weight is 392 g/mol. The van der Waals surface area contributed by atoms with Crippen molar-refractivity contribution in [3.05, 3.63) is 65.2 Å². The first-order valence-electron chi connectivity index (χ1n) is 8.71. The van der Waals surface area contributed by atoms with Crippen molar-refractivity contribution in [3.63, 3.8) is 0 Å². The van der Waals surface area contributed by atoms with Crippen LogP contribution in [-0.2, 0) is 16.4 Å². The lowest BCUT2D eigenvalue weighted by molar-refractivity contribution is -0.137. The first kappa shape index (κ1) is 21.5. The number of hydrazone groups is 1. The molecule has 0 heterocycles. The standard InChI is InChI=1S/C21H23F3N2O2/c1-14(15-6-5-7-17(12-15)21(22,23)24)25-26-19(27)13-28-18-10-8-16(9-11-18)20(2,3)4/h5-12H,13H2,1-4H3,(H,26,27)/b25-14-. The predicted molar refractivity (Wildman–Crippen MR) is 102 cm³/mol. The second-order valence-corrected chi connectivity index (χ2v) is 7.37. The topological polar surface area (TPSA) is 50.7 Å². The number of benzene rings is 2. The van der Waals surface area contributed by atoms with Crippen molar-refractivity contribution in [1.82, 2.24) is 5.43 Å². The highest BCUT2D eigenvalue weighted by molar-refractivity contribution is 5.99. The molecule has 2 aromatic carbocycles. The molecule has 4 nitrogen and oxygen atoms in total. The van der Waals surface area contributed by atoms with E-state index >= 15 is 0 Å². The minimum Gasteiger partial charge on any atom is -0.484 e. The van der Waals surface area contributed by atoms with Crippen molar-refractivity contribution >= 4 is 11.6 Å². The summed E-state index contributed by atoms with van der Waals surface area (Å²) in [6.07, 6.45) is -4.43. The highest BCUT2D eigenvalue weighted by Crippen LogP contribution is 2.29. The Hall–Kier alpha value is -2.83. The lowest BCUT2D eigenvalue weighted by Crippen LogP contribution is -2.25. The molecule has 150 valence electrons. The molecule has 0 aromatic heterocycles. The van der Waals surface area contributed by atoms with Gasteiger partial charge in [-0.1, -0.05) is 45.0 Å². The lowest BCUT2D eigenvalue weighted by Gasteiger charge is -2.19. The molecule has 0 radical (unpaired) electrons. The number of nitrogens with zero attached hydrogens (tertiary/aromatic N) is 1. The normalized spacial score (nSPS) is 12.6. The van der Waals surface area contributed by atoms with Crippen LogP contribution in [0.1, 0.15) is 44.4 Å². The molecular formula is C21H23F3N2O2. The van der Waals surface area contributed by atoms with Gasteiger partial charge in [0, 0.05) is 0 Å². The van der Waals surface area contributed by atoms with Crippen LogP contribution in [0.15, 0.2) is 53.6 Å². The first-order chi connectivity index (χ1) is 13.0. The molecule has 0 saturated heterocycles. The summed E-state index contributed by atoms with van der Waals surface area (Å²) in [7, 11) is 0. The van der Waals surface area contributed by atoms with E-state index in [1.807, 2.05) is 12.1 Å². The third kappa shape index (κ3) is 6.11. The molecule has 1 N–H and O–H groups in total. The van der Waals surface area contributed by atoms with Crippen LogP contribution in [0.4, 0.5) is 13.2 Å². The molecular weight excluding hydrogens is 369 g/mol. The Morgan fingerprint density at radius 2 is 1.68 bits per heavy atom. The Balaban J connectivity index is 1.93. The Bertz CT molecular complexity index is 851. The molecule has 0 unspecified atom stereocenters.